The van der Waals surface area contributed by atoms with Gasteiger partial charge in [0.1, 0.15) is 10.8 Å². The fourth-order valence-electron chi connectivity index (χ4n) is 2.32. The number of carbonyl (C=O) groups excluding carboxylic acids is 1. The lowest BCUT2D eigenvalue weighted by molar-refractivity contribution is 0.0154. The minimum absolute atomic E-state index is 0.239. The van der Waals surface area contributed by atoms with E-state index in [1.165, 1.54) is 17.3 Å². The van der Waals surface area contributed by atoms with Crippen molar-refractivity contribution in [3.63, 3.8) is 0 Å². The molecule has 0 unspecified atom stereocenters. The highest BCUT2D eigenvalue weighted by molar-refractivity contribution is 6.29. The van der Waals surface area contributed by atoms with Crippen LogP contribution in [0.25, 0.3) is 0 Å². The van der Waals surface area contributed by atoms with Gasteiger partial charge in [0, 0.05) is 13.6 Å². The molecule has 0 spiro atoms. The summed E-state index contributed by atoms with van der Waals surface area (Å²) in [6.07, 6.45) is 6.21. The lowest BCUT2D eigenvalue weighted by Gasteiger charge is -2.28. The Morgan fingerprint density at radius 2 is 2.11 bits per heavy atom. The monoisotopic (exact) mass is 269 g/mol. The van der Waals surface area contributed by atoms with Gasteiger partial charge in [0.25, 0.3) is 5.91 Å². The van der Waals surface area contributed by atoms with Gasteiger partial charge in [-0.1, -0.05) is 24.4 Å². The van der Waals surface area contributed by atoms with Gasteiger partial charge in [0.05, 0.1) is 18.0 Å². The van der Waals surface area contributed by atoms with Gasteiger partial charge in [0.15, 0.2) is 0 Å². The van der Waals surface area contributed by atoms with Crippen LogP contribution in [0.1, 0.15) is 36.2 Å². The van der Waals surface area contributed by atoms with Gasteiger partial charge in [-0.05, 0) is 12.8 Å². The maximum Gasteiger partial charge on any atom is 0.273 e. The second-order valence-corrected chi connectivity index (χ2v) is 5.20. The van der Waals surface area contributed by atoms with E-state index in [1.54, 1.807) is 7.05 Å². The van der Waals surface area contributed by atoms with Crippen LogP contribution in [0, 0.1) is 0 Å². The molecule has 1 aliphatic rings. The van der Waals surface area contributed by atoms with E-state index < -0.39 is 5.60 Å². The summed E-state index contributed by atoms with van der Waals surface area (Å²) < 4.78 is 0. The summed E-state index contributed by atoms with van der Waals surface area (Å²) >= 11 is 5.62. The molecule has 1 amide bonds. The summed E-state index contributed by atoms with van der Waals surface area (Å²) in [5.41, 5.74) is -0.506. The van der Waals surface area contributed by atoms with Gasteiger partial charge in [-0.3, -0.25) is 4.79 Å². The van der Waals surface area contributed by atoms with Crippen molar-refractivity contribution < 1.29 is 9.90 Å². The third-order valence-electron chi connectivity index (χ3n) is 3.25. The molecule has 0 bridgehead atoms. The largest absolute Gasteiger partial charge is 0.388 e. The van der Waals surface area contributed by atoms with Crippen molar-refractivity contribution in [2.45, 2.75) is 31.3 Å². The normalized spacial score (nSPS) is 17.7. The van der Waals surface area contributed by atoms with Gasteiger partial charge in [-0.2, -0.15) is 0 Å². The molecule has 98 valence electrons. The fourth-order valence-corrected chi connectivity index (χ4v) is 2.42. The molecule has 1 aromatic rings. The average molecular weight is 270 g/mol. The Morgan fingerprint density at radius 1 is 1.44 bits per heavy atom. The van der Waals surface area contributed by atoms with Crippen LogP contribution in [0.4, 0.5) is 0 Å². The maximum absolute atomic E-state index is 12.1. The Morgan fingerprint density at radius 3 is 2.67 bits per heavy atom. The van der Waals surface area contributed by atoms with E-state index in [-0.39, 0.29) is 16.8 Å². The lowest BCUT2D eigenvalue weighted by Crippen LogP contribution is -2.42. The minimum Gasteiger partial charge on any atom is -0.388 e. The molecule has 0 atom stereocenters. The van der Waals surface area contributed by atoms with E-state index in [1.807, 2.05) is 0 Å². The van der Waals surface area contributed by atoms with Crippen LogP contribution >= 0.6 is 11.6 Å². The Hall–Kier alpha value is -1.20. The number of aromatic nitrogens is 2. The third-order valence-corrected chi connectivity index (χ3v) is 3.45. The summed E-state index contributed by atoms with van der Waals surface area (Å²) in [7, 11) is 1.66. The fraction of sp³-hybridized carbons (Fsp3) is 0.583. The van der Waals surface area contributed by atoms with Crippen LogP contribution < -0.4 is 0 Å². The first-order chi connectivity index (χ1) is 8.50. The number of rotatable bonds is 3. The number of hydrogen-bond donors (Lipinski definition) is 1. The van der Waals surface area contributed by atoms with Gasteiger partial charge in [-0.15, -0.1) is 0 Å². The molecular weight excluding hydrogens is 254 g/mol. The number of halogens is 1. The Labute approximate surface area is 111 Å². The van der Waals surface area contributed by atoms with Gasteiger partial charge < -0.3 is 10.0 Å². The molecule has 1 heterocycles. The molecule has 2 rings (SSSR count). The summed E-state index contributed by atoms with van der Waals surface area (Å²) in [5.74, 6) is -0.250. The van der Waals surface area contributed by atoms with E-state index in [0.29, 0.717) is 6.54 Å². The molecule has 18 heavy (non-hydrogen) atoms. The molecule has 1 fully saturated rings. The number of likely N-dealkylation sites (N-methyl/N-ethyl adjacent to an activating group) is 1. The van der Waals surface area contributed by atoms with Crippen molar-refractivity contribution in [2.24, 2.45) is 0 Å². The van der Waals surface area contributed by atoms with Crippen molar-refractivity contribution in [3.8, 4) is 0 Å². The zero-order valence-electron chi connectivity index (χ0n) is 10.3. The number of carbonyl (C=O) groups is 1. The molecule has 5 nitrogen and oxygen atoms in total. The third kappa shape index (κ3) is 2.97. The second kappa shape index (κ2) is 5.20. The number of amides is 1. The SMILES string of the molecule is CN(CC1(O)CCCC1)C(=O)c1cnc(Cl)cn1. The van der Waals surface area contributed by atoms with Crippen LogP contribution in [0.5, 0.6) is 0 Å². The van der Waals surface area contributed by atoms with Crippen LogP contribution in [-0.4, -0.2) is 45.1 Å². The highest BCUT2D eigenvalue weighted by atomic mass is 35.5. The Bertz CT molecular complexity index is 429. The highest BCUT2D eigenvalue weighted by Crippen LogP contribution is 2.30. The molecular formula is C12H16ClN3O2. The maximum atomic E-state index is 12.1. The van der Waals surface area contributed by atoms with E-state index in [4.69, 9.17) is 11.6 Å². The first-order valence-corrected chi connectivity index (χ1v) is 6.33. The molecule has 1 aliphatic carbocycles. The van der Waals surface area contributed by atoms with Crippen molar-refractivity contribution in [3.05, 3.63) is 23.2 Å². The summed E-state index contributed by atoms with van der Waals surface area (Å²) in [6, 6.07) is 0. The molecule has 1 N–H and O–H groups in total. The topological polar surface area (TPSA) is 66.3 Å². The Kier molecular flexibility index (Phi) is 3.82. The van der Waals surface area contributed by atoms with Gasteiger partial charge >= 0.3 is 0 Å². The number of hydrogen-bond acceptors (Lipinski definition) is 4. The minimum atomic E-state index is -0.746. The van der Waals surface area contributed by atoms with Crippen molar-refractivity contribution in [1.82, 2.24) is 14.9 Å². The predicted octanol–water partition coefficient (Wildman–Crippen LogP) is 1.51. The first kappa shape index (κ1) is 13.2. The number of nitrogens with zero attached hydrogens (tertiary/aromatic N) is 3. The highest BCUT2D eigenvalue weighted by Gasteiger charge is 2.33. The predicted molar refractivity (Wildman–Crippen MR) is 67.4 cm³/mol. The summed E-state index contributed by atoms with van der Waals surface area (Å²) in [4.78, 5) is 21.3. The molecule has 1 aromatic heterocycles. The molecule has 0 aromatic carbocycles. The number of aliphatic hydroxyl groups is 1. The van der Waals surface area contributed by atoms with Crippen molar-refractivity contribution >= 4 is 17.5 Å². The summed E-state index contributed by atoms with van der Waals surface area (Å²) in [6.45, 7) is 0.330. The van der Waals surface area contributed by atoms with Crippen LogP contribution in [-0.2, 0) is 0 Å². The van der Waals surface area contributed by atoms with Crippen LogP contribution in [0.15, 0.2) is 12.4 Å². The zero-order chi connectivity index (χ0) is 13.2. The second-order valence-electron chi connectivity index (χ2n) is 4.82. The molecule has 6 heteroatoms. The zero-order valence-corrected chi connectivity index (χ0v) is 11.0. The smallest absolute Gasteiger partial charge is 0.273 e. The van der Waals surface area contributed by atoms with Gasteiger partial charge in [0.2, 0.25) is 0 Å². The van der Waals surface area contributed by atoms with E-state index >= 15 is 0 Å². The average Bonchev–Trinajstić information content (AvgIpc) is 2.76. The van der Waals surface area contributed by atoms with Crippen LogP contribution in [0.3, 0.4) is 0 Å². The molecule has 0 saturated heterocycles. The van der Waals surface area contributed by atoms with Crippen molar-refractivity contribution in [1.29, 1.82) is 0 Å². The Balaban J connectivity index is 2.02. The van der Waals surface area contributed by atoms with Crippen molar-refractivity contribution in [2.75, 3.05) is 13.6 Å². The standard InChI is InChI=1S/C12H16ClN3O2/c1-16(8-12(18)4-2-3-5-12)11(17)9-6-15-10(13)7-14-9/h6-7,18H,2-5,8H2,1H3. The van der Waals surface area contributed by atoms with E-state index in [0.717, 1.165) is 25.7 Å². The first-order valence-electron chi connectivity index (χ1n) is 5.96. The van der Waals surface area contributed by atoms with Crippen LogP contribution in [0.2, 0.25) is 5.15 Å². The lowest BCUT2D eigenvalue weighted by atomic mass is 10.0. The van der Waals surface area contributed by atoms with E-state index in [2.05, 4.69) is 9.97 Å². The van der Waals surface area contributed by atoms with E-state index in [9.17, 15) is 9.90 Å². The molecule has 0 aliphatic heterocycles. The quantitative estimate of drug-likeness (QED) is 0.903. The molecule has 0 radical (unpaired) electrons. The molecule has 1 saturated carbocycles. The summed E-state index contributed by atoms with van der Waals surface area (Å²) in [5, 5.41) is 10.5. The van der Waals surface area contributed by atoms with Gasteiger partial charge in [-0.25, -0.2) is 9.97 Å².